The first-order valence-corrected chi connectivity index (χ1v) is 13.2. The highest BCUT2D eigenvalue weighted by Gasteiger charge is 2.71. The summed E-state index contributed by atoms with van der Waals surface area (Å²) in [6, 6.07) is 0. The largest absolute Gasteiger partial charge is 0.458 e. The molecule has 0 aromatic rings. The van der Waals surface area contributed by atoms with Gasteiger partial charge >= 0.3 is 11.9 Å². The second-order valence-corrected chi connectivity index (χ2v) is 11.9. The Hall–Kier alpha value is -2.02. The SMILES string of the molecule is CCCC(=O)O[C@]1(C(=O)COC(C)=O)CC[C@H]2[C@@H]3CC(C)C4=CC(=O)CC[C@]4(C)[C@H]3C(O)C[C@@]21C. The average molecular weight is 489 g/mol. The summed E-state index contributed by atoms with van der Waals surface area (Å²) in [5.41, 5.74) is -1.30. The van der Waals surface area contributed by atoms with Crippen molar-refractivity contribution >= 4 is 23.5 Å². The fraction of sp³-hybridized carbons (Fsp3) is 0.786. The number of esters is 2. The van der Waals surface area contributed by atoms with E-state index in [4.69, 9.17) is 9.47 Å². The number of carbonyl (C=O) groups excluding carboxylic acids is 4. The second-order valence-electron chi connectivity index (χ2n) is 11.9. The van der Waals surface area contributed by atoms with Gasteiger partial charge in [-0.05, 0) is 73.7 Å². The maximum atomic E-state index is 13.6. The number of ketones is 2. The van der Waals surface area contributed by atoms with Crippen LogP contribution in [-0.2, 0) is 28.7 Å². The Morgan fingerprint density at radius 2 is 1.91 bits per heavy atom. The minimum Gasteiger partial charge on any atom is -0.458 e. The van der Waals surface area contributed by atoms with Crippen molar-refractivity contribution in [1.82, 2.24) is 0 Å². The summed E-state index contributed by atoms with van der Waals surface area (Å²) < 4.78 is 11.1. The molecule has 3 fully saturated rings. The van der Waals surface area contributed by atoms with Gasteiger partial charge in [-0.1, -0.05) is 33.3 Å². The van der Waals surface area contributed by atoms with Gasteiger partial charge in [-0.2, -0.15) is 0 Å². The number of Topliss-reactive ketones (excluding diaryl/α,β-unsaturated/α-hetero) is 1. The Bertz CT molecular complexity index is 953. The maximum Gasteiger partial charge on any atom is 0.306 e. The molecule has 0 aromatic carbocycles. The minimum absolute atomic E-state index is 0.0122. The lowest BCUT2D eigenvalue weighted by molar-refractivity contribution is -0.204. The first-order valence-electron chi connectivity index (χ1n) is 13.2. The minimum atomic E-state index is -1.42. The van der Waals surface area contributed by atoms with Gasteiger partial charge in [0.05, 0.1) is 6.10 Å². The smallest absolute Gasteiger partial charge is 0.306 e. The first-order chi connectivity index (χ1) is 16.4. The maximum absolute atomic E-state index is 13.6. The number of ether oxygens (including phenoxy) is 2. The summed E-state index contributed by atoms with van der Waals surface area (Å²) in [5.74, 6) is -0.814. The lowest BCUT2D eigenvalue weighted by Crippen LogP contribution is -2.63. The van der Waals surface area contributed by atoms with Crippen molar-refractivity contribution in [2.75, 3.05) is 6.61 Å². The van der Waals surface area contributed by atoms with Gasteiger partial charge in [0.25, 0.3) is 0 Å². The number of aliphatic hydroxyl groups excluding tert-OH is 1. The molecule has 0 aliphatic heterocycles. The molecular weight excluding hydrogens is 448 g/mol. The third-order valence-electron chi connectivity index (χ3n) is 9.93. The zero-order valence-corrected chi connectivity index (χ0v) is 21.7. The number of carbonyl (C=O) groups is 4. The van der Waals surface area contributed by atoms with E-state index in [2.05, 4.69) is 13.8 Å². The van der Waals surface area contributed by atoms with Crippen molar-refractivity contribution in [3.8, 4) is 0 Å². The van der Waals surface area contributed by atoms with Crippen LogP contribution >= 0.6 is 0 Å². The Morgan fingerprint density at radius 3 is 2.57 bits per heavy atom. The summed E-state index contributed by atoms with van der Waals surface area (Å²) in [6.07, 6.45) is 5.37. The van der Waals surface area contributed by atoms with Gasteiger partial charge < -0.3 is 14.6 Å². The van der Waals surface area contributed by atoms with Crippen LogP contribution in [0.15, 0.2) is 11.6 Å². The molecule has 0 heterocycles. The van der Waals surface area contributed by atoms with Crippen molar-refractivity contribution in [2.45, 2.75) is 97.7 Å². The van der Waals surface area contributed by atoms with Crippen LogP contribution in [0.25, 0.3) is 0 Å². The zero-order chi connectivity index (χ0) is 25.8. The Balaban J connectivity index is 1.74. The molecule has 0 saturated heterocycles. The normalized spacial score (nSPS) is 42.3. The Labute approximate surface area is 208 Å². The molecule has 0 spiro atoms. The van der Waals surface area contributed by atoms with Crippen molar-refractivity contribution in [3.05, 3.63) is 11.6 Å². The molecule has 194 valence electrons. The lowest BCUT2D eigenvalue weighted by atomic mass is 9.44. The molecular formula is C28H40O7. The number of allylic oxidation sites excluding steroid dienone is 1. The number of hydrogen-bond donors (Lipinski definition) is 1. The van der Waals surface area contributed by atoms with Crippen LogP contribution in [0.3, 0.4) is 0 Å². The monoisotopic (exact) mass is 488 g/mol. The van der Waals surface area contributed by atoms with Gasteiger partial charge in [0.1, 0.15) is 0 Å². The van der Waals surface area contributed by atoms with E-state index < -0.39 is 41.4 Å². The van der Waals surface area contributed by atoms with Gasteiger partial charge in [0.2, 0.25) is 5.78 Å². The Morgan fingerprint density at radius 1 is 1.20 bits per heavy atom. The highest BCUT2D eigenvalue weighted by atomic mass is 16.6. The molecule has 0 bridgehead atoms. The molecule has 2 unspecified atom stereocenters. The molecule has 0 aromatic heterocycles. The molecule has 7 heteroatoms. The molecule has 4 aliphatic carbocycles. The van der Waals surface area contributed by atoms with Crippen LogP contribution in [0, 0.1) is 34.5 Å². The van der Waals surface area contributed by atoms with Gasteiger partial charge in [0, 0.05) is 25.2 Å². The summed E-state index contributed by atoms with van der Waals surface area (Å²) in [5, 5.41) is 11.7. The fourth-order valence-electron chi connectivity index (χ4n) is 8.52. The summed E-state index contributed by atoms with van der Waals surface area (Å²) in [7, 11) is 0. The molecule has 0 radical (unpaired) electrons. The summed E-state index contributed by atoms with van der Waals surface area (Å²) in [6.45, 7) is 9.03. The van der Waals surface area contributed by atoms with E-state index in [0.29, 0.717) is 32.1 Å². The van der Waals surface area contributed by atoms with E-state index in [1.165, 1.54) is 6.92 Å². The second kappa shape index (κ2) is 9.13. The molecule has 35 heavy (non-hydrogen) atoms. The topological polar surface area (TPSA) is 107 Å². The number of hydrogen-bond acceptors (Lipinski definition) is 7. The summed E-state index contributed by atoms with van der Waals surface area (Å²) >= 11 is 0. The van der Waals surface area contributed by atoms with Crippen LogP contribution in [0.2, 0.25) is 0 Å². The van der Waals surface area contributed by atoms with Crippen LogP contribution in [0.5, 0.6) is 0 Å². The molecule has 1 N–H and O–H groups in total. The highest BCUT2D eigenvalue weighted by molar-refractivity contribution is 5.93. The predicted octanol–water partition coefficient (Wildman–Crippen LogP) is 3.95. The van der Waals surface area contributed by atoms with E-state index in [-0.39, 0.29) is 41.3 Å². The molecule has 3 saturated carbocycles. The fourth-order valence-corrected chi connectivity index (χ4v) is 8.52. The van der Waals surface area contributed by atoms with Crippen LogP contribution in [0.1, 0.15) is 86.0 Å². The third-order valence-corrected chi connectivity index (χ3v) is 9.93. The van der Waals surface area contributed by atoms with Crippen LogP contribution < -0.4 is 0 Å². The number of rotatable bonds is 6. The van der Waals surface area contributed by atoms with E-state index in [1.54, 1.807) is 0 Å². The van der Waals surface area contributed by atoms with E-state index in [0.717, 1.165) is 18.4 Å². The van der Waals surface area contributed by atoms with Crippen molar-refractivity contribution in [3.63, 3.8) is 0 Å². The zero-order valence-electron chi connectivity index (χ0n) is 21.7. The summed E-state index contributed by atoms with van der Waals surface area (Å²) in [4.78, 5) is 50.1. The van der Waals surface area contributed by atoms with Gasteiger partial charge in [0.15, 0.2) is 18.0 Å². The predicted molar refractivity (Wildman–Crippen MR) is 128 cm³/mol. The standard InChI is InChI=1S/C28H40O7/c1-6-7-24(33)35-28(23(32)15-34-17(3)29)11-9-20-19-12-16(2)21-13-18(30)8-10-26(21,4)25(19)22(31)14-27(20,28)5/h13,16,19-20,22,25,31H,6-12,14-15H2,1-5H3/t16?,19-,20-,22?,25+,26-,27-,28-/m0/s1. The number of fused-ring (bicyclic) bond motifs is 5. The van der Waals surface area contributed by atoms with E-state index in [9.17, 15) is 24.3 Å². The molecule has 4 aliphatic rings. The number of aliphatic hydroxyl groups is 1. The molecule has 7 nitrogen and oxygen atoms in total. The van der Waals surface area contributed by atoms with Crippen molar-refractivity contribution in [2.24, 2.45) is 34.5 Å². The van der Waals surface area contributed by atoms with E-state index >= 15 is 0 Å². The van der Waals surface area contributed by atoms with Gasteiger partial charge in [-0.25, -0.2) is 0 Å². The molecule has 4 rings (SSSR count). The molecule has 0 amide bonds. The van der Waals surface area contributed by atoms with Crippen molar-refractivity contribution in [1.29, 1.82) is 0 Å². The van der Waals surface area contributed by atoms with E-state index in [1.807, 2.05) is 19.9 Å². The quantitative estimate of drug-likeness (QED) is 0.564. The van der Waals surface area contributed by atoms with Crippen LogP contribution in [-0.4, -0.2) is 46.9 Å². The molecule has 8 atom stereocenters. The van der Waals surface area contributed by atoms with Crippen LogP contribution in [0.4, 0.5) is 0 Å². The van der Waals surface area contributed by atoms with Gasteiger partial charge in [-0.3, -0.25) is 19.2 Å². The van der Waals surface area contributed by atoms with Gasteiger partial charge in [-0.15, -0.1) is 0 Å². The lowest BCUT2D eigenvalue weighted by Gasteiger charge is -2.62. The average Bonchev–Trinajstić information content (AvgIpc) is 3.05. The highest BCUT2D eigenvalue weighted by Crippen LogP contribution is 2.69. The Kier molecular flexibility index (Phi) is 6.80. The van der Waals surface area contributed by atoms with Crippen molar-refractivity contribution < 1.29 is 33.8 Å². The third kappa shape index (κ3) is 3.98. The first kappa shape index (κ1) is 26.1.